The summed E-state index contributed by atoms with van der Waals surface area (Å²) in [5.41, 5.74) is 0.648. The molecule has 3 rings (SSSR count). The Morgan fingerprint density at radius 1 is 1.27 bits per heavy atom. The molecule has 1 atom stereocenters. The molecule has 0 bridgehead atoms. The molecule has 2 aromatic rings. The Kier molecular flexibility index (Phi) is 4.00. The fraction of sp³-hybridized carbons (Fsp3) is 0.250. The van der Waals surface area contributed by atoms with Crippen LogP contribution in [0.5, 0.6) is 0 Å². The smallest absolute Gasteiger partial charge is 0.275 e. The molecule has 4 nitrogen and oxygen atoms in total. The maximum absolute atomic E-state index is 13.6. The maximum atomic E-state index is 13.6. The number of carbonyl (C=O) groups excluding carboxylic acids is 1. The lowest BCUT2D eigenvalue weighted by Gasteiger charge is -2.17. The highest BCUT2D eigenvalue weighted by Crippen LogP contribution is 2.18. The summed E-state index contributed by atoms with van der Waals surface area (Å²) in [6.07, 6.45) is 1.62. The van der Waals surface area contributed by atoms with Crippen LogP contribution in [0.15, 0.2) is 42.6 Å². The van der Waals surface area contributed by atoms with Gasteiger partial charge >= 0.3 is 0 Å². The van der Waals surface area contributed by atoms with Gasteiger partial charge in [0.15, 0.2) is 11.5 Å². The van der Waals surface area contributed by atoms with E-state index in [1.54, 1.807) is 0 Å². The first-order valence-electron chi connectivity index (χ1n) is 7.05. The molecule has 1 amide bonds. The minimum atomic E-state index is -0.926. The van der Waals surface area contributed by atoms with Crippen LogP contribution >= 0.6 is 0 Å². The molecule has 6 heteroatoms. The van der Waals surface area contributed by atoms with Crippen molar-refractivity contribution in [1.82, 2.24) is 9.88 Å². The predicted molar refractivity (Wildman–Crippen MR) is 78.5 cm³/mol. The van der Waals surface area contributed by atoms with E-state index >= 15 is 0 Å². The number of hydrogen-bond donors (Lipinski definition) is 1. The highest BCUT2D eigenvalue weighted by Gasteiger charge is 2.29. The molecular formula is C16H15F2N3O. The molecular weight excluding hydrogens is 288 g/mol. The van der Waals surface area contributed by atoms with Crippen LogP contribution in [-0.2, 0) is 0 Å². The van der Waals surface area contributed by atoms with E-state index in [1.807, 2.05) is 30.3 Å². The van der Waals surface area contributed by atoms with Crippen molar-refractivity contribution in [1.29, 1.82) is 0 Å². The summed E-state index contributed by atoms with van der Waals surface area (Å²) < 4.78 is 26.5. The molecule has 1 aromatic carbocycles. The standard InChI is InChI=1S/C16H15F2N3O/c17-11-8-14(18)15(19-9-11)16(22)21-7-6-13(10-21)20-12-4-2-1-3-5-12/h1-5,8-9,13,20H,6-7,10H2. The van der Waals surface area contributed by atoms with Crippen LogP contribution in [-0.4, -0.2) is 34.9 Å². The molecule has 1 saturated heterocycles. The second-order valence-electron chi connectivity index (χ2n) is 5.23. The van der Waals surface area contributed by atoms with Crippen molar-refractivity contribution in [2.45, 2.75) is 12.5 Å². The summed E-state index contributed by atoms with van der Waals surface area (Å²) in [5, 5.41) is 3.33. The Morgan fingerprint density at radius 2 is 2.05 bits per heavy atom. The second-order valence-corrected chi connectivity index (χ2v) is 5.23. The van der Waals surface area contributed by atoms with Crippen LogP contribution in [0.1, 0.15) is 16.9 Å². The fourth-order valence-electron chi connectivity index (χ4n) is 2.55. The number of amides is 1. The van der Waals surface area contributed by atoms with Gasteiger partial charge in [-0.05, 0) is 18.6 Å². The van der Waals surface area contributed by atoms with E-state index < -0.39 is 17.5 Å². The average Bonchev–Trinajstić information content (AvgIpc) is 2.96. The lowest BCUT2D eigenvalue weighted by molar-refractivity contribution is 0.0780. The molecule has 1 aromatic heterocycles. The summed E-state index contributed by atoms with van der Waals surface area (Å²) in [7, 11) is 0. The summed E-state index contributed by atoms with van der Waals surface area (Å²) >= 11 is 0. The molecule has 0 saturated carbocycles. The monoisotopic (exact) mass is 303 g/mol. The first kappa shape index (κ1) is 14.4. The van der Waals surface area contributed by atoms with Crippen LogP contribution < -0.4 is 5.32 Å². The van der Waals surface area contributed by atoms with Crippen molar-refractivity contribution in [3.05, 3.63) is 59.9 Å². The van der Waals surface area contributed by atoms with Gasteiger partial charge in [-0.15, -0.1) is 0 Å². The molecule has 0 spiro atoms. The van der Waals surface area contributed by atoms with Gasteiger partial charge in [-0.1, -0.05) is 18.2 Å². The van der Waals surface area contributed by atoms with Gasteiger partial charge in [-0.2, -0.15) is 0 Å². The number of anilines is 1. The number of aromatic nitrogens is 1. The molecule has 114 valence electrons. The van der Waals surface area contributed by atoms with Gasteiger partial charge in [0.2, 0.25) is 0 Å². The lowest BCUT2D eigenvalue weighted by atomic mass is 10.2. The van der Waals surface area contributed by atoms with Crippen molar-refractivity contribution < 1.29 is 13.6 Å². The molecule has 1 unspecified atom stereocenters. The van der Waals surface area contributed by atoms with Crippen molar-refractivity contribution in [2.24, 2.45) is 0 Å². The fourth-order valence-corrected chi connectivity index (χ4v) is 2.55. The Hall–Kier alpha value is -2.50. The molecule has 0 aliphatic carbocycles. The molecule has 1 aliphatic heterocycles. The zero-order valence-corrected chi connectivity index (χ0v) is 11.8. The number of carbonyl (C=O) groups is 1. The highest BCUT2D eigenvalue weighted by molar-refractivity contribution is 5.92. The molecule has 22 heavy (non-hydrogen) atoms. The SMILES string of the molecule is O=C(c1ncc(F)cc1F)N1CCC(Nc2ccccc2)C1. The van der Waals surface area contributed by atoms with Gasteiger partial charge < -0.3 is 10.2 Å². The number of para-hydroxylation sites is 1. The normalized spacial score (nSPS) is 17.5. The third kappa shape index (κ3) is 3.05. The maximum Gasteiger partial charge on any atom is 0.275 e. The Balaban J connectivity index is 1.66. The molecule has 2 heterocycles. The van der Waals surface area contributed by atoms with E-state index in [1.165, 1.54) is 4.90 Å². The number of rotatable bonds is 3. The first-order chi connectivity index (χ1) is 10.6. The largest absolute Gasteiger partial charge is 0.380 e. The van der Waals surface area contributed by atoms with Gasteiger partial charge in [0, 0.05) is 30.9 Å². The van der Waals surface area contributed by atoms with E-state index in [2.05, 4.69) is 10.3 Å². The Bertz CT molecular complexity index is 678. The van der Waals surface area contributed by atoms with Gasteiger partial charge in [0.05, 0.1) is 6.20 Å². The van der Waals surface area contributed by atoms with Gasteiger partial charge in [-0.25, -0.2) is 13.8 Å². The van der Waals surface area contributed by atoms with Crippen molar-refractivity contribution in [3.8, 4) is 0 Å². The minimum Gasteiger partial charge on any atom is -0.380 e. The van der Waals surface area contributed by atoms with Crippen LogP contribution in [0.25, 0.3) is 0 Å². The van der Waals surface area contributed by atoms with Crippen molar-refractivity contribution in [2.75, 3.05) is 18.4 Å². The van der Waals surface area contributed by atoms with E-state index in [9.17, 15) is 13.6 Å². The first-order valence-corrected chi connectivity index (χ1v) is 7.05. The summed E-state index contributed by atoms with van der Waals surface area (Å²) in [5.74, 6) is -2.22. The third-order valence-electron chi connectivity index (χ3n) is 3.63. The minimum absolute atomic E-state index is 0.106. The van der Waals surface area contributed by atoms with E-state index in [4.69, 9.17) is 0 Å². The van der Waals surface area contributed by atoms with Crippen molar-refractivity contribution >= 4 is 11.6 Å². The molecule has 1 fully saturated rings. The van der Waals surface area contributed by atoms with Crippen LogP contribution in [0.4, 0.5) is 14.5 Å². The number of hydrogen-bond acceptors (Lipinski definition) is 3. The zero-order valence-electron chi connectivity index (χ0n) is 11.8. The number of nitrogens with one attached hydrogen (secondary N) is 1. The quantitative estimate of drug-likeness (QED) is 0.948. The molecule has 1 aliphatic rings. The molecule has 0 radical (unpaired) electrons. The third-order valence-corrected chi connectivity index (χ3v) is 3.63. The van der Waals surface area contributed by atoms with Gasteiger partial charge in [0.1, 0.15) is 5.82 Å². The number of nitrogens with zero attached hydrogens (tertiary/aromatic N) is 2. The number of pyridine rings is 1. The van der Waals surface area contributed by atoms with Crippen LogP contribution in [0.2, 0.25) is 0 Å². The van der Waals surface area contributed by atoms with E-state index in [0.717, 1.165) is 18.3 Å². The number of halogens is 2. The lowest BCUT2D eigenvalue weighted by Crippen LogP contribution is -2.32. The van der Waals surface area contributed by atoms with Crippen LogP contribution in [0.3, 0.4) is 0 Å². The van der Waals surface area contributed by atoms with Crippen LogP contribution in [0, 0.1) is 11.6 Å². The topological polar surface area (TPSA) is 45.2 Å². The van der Waals surface area contributed by atoms with E-state index in [-0.39, 0.29) is 11.7 Å². The summed E-state index contributed by atoms with van der Waals surface area (Å²) in [6.45, 7) is 0.980. The average molecular weight is 303 g/mol. The Morgan fingerprint density at radius 3 is 2.77 bits per heavy atom. The highest BCUT2D eigenvalue weighted by atomic mass is 19.1. The zero-order chi connectivity index (χ0) is 15.5. The van der Waals surface area contributed by atoms with Gasteiger partial charge in [-0.3, -0.25) is 4.79 Å². The van der Waals surface area contributed by atoms with Crippen molar-refractivity contribution in [3.63, 3.8) is 0 Å². The Labute approximate surface area is 126 Å². The second kappa shape index (κ2) is 6.09. The van der Waals surface area contributed by atoms with Gasteiger partial charge in [0.25, 0.3) is 5.91 Å². The summed E-state index contributed by atoms with van der Waals surface area (Å²) in [4.78, 5) is 17.4. The number of likely N-dealkylation sites (tertiary alicyclic amines) is 1. The molecule has 1 N–H and O–H groups in total. The number of benzene rings is 1. The predicted octanol–water partition coefficient (Wildman–Crippen LogP) is 2.69. The summed E-state index contributed by atoms with van der Waals surface area (Å²) in [6, 6.07) is 10.5. The van der Waals surface area contributed by atoms with E-state index in [0.29, 0.717) is 19.2 Å².